The summed E-state index contributed by atoms with van der Waals surface area (Å²) in [7, 11) is 0. The summed E-state index contributed by atoms with van der Waals surface area (Å²) in [4.78, 5) is 4.14. The SMILES string of the molecule is CCC(c1ccccc1)N1Sc2ccccc2C1N1CCCCC1. The summed E-state index contributed by atoms with van der Waals surface area (Å²) in [6, 6.07) is 20.5. The number of hydrogen-bond acceptors (Lipinski definition) is 3. The van der Waals surface area contributed by atoms with Gasteiger partial charge in [-0.2, -0.15) is 0 Å². The van der Waals surface area contributed by atoms with Crippen LogP contribution in [0.25, 0.3) is 0 Å². The van der Waals surface area contributed by atoms with Crippen LogP contribution in [-0.4, -0.2) is 22.3 Å². The largest absolute Gasteiger partial charge is 0.283 e. The number of piperidine rings is 1. The van der Waals surface area contributed by atoms with Crippen molar-refractivity contribution in [2.45, 2.75) is 49.7 Å². The molecule has 0 aromatic heterocycles. The quantitative estimate of drug-likeness (QED) is 0.666. The van der Waals surface area contributed by atoms with Crippen molar-refractivity contribution >= 4 is 11.9 Å². The van der Waals surface area contributed by atoms with Crippen molar-refractivity contribution in [2.24, 2.45) is 0 Å². The molecule has 2 atom stereocenters. The molecule has 0 spiro atoms. The second kappa shape index (κ2) is 7.30. The highest BCUT2D eigenvalue weighted by Crippen LogP contribution is 2.51. The molecule has 0 radical (unpaired) electrons. The smallest absolute Gasteiger partial charge is 0.100 e. The summed E-state index contributed by atoms with van der Waals surface area (Å²) in [5.74, 6) is 0. The third kappa shape index (κ3) is 3.01. The van der Waals surface area contributed by atoms with Gasteiger partial charge in [-0.3, -0.25) is 4.90 Å². The molecule has 2 nitrogen and oxygen atoms in total. The Balaban J connectivity index is 1.70. The van der Waals surface area contributed by atoms with E-state index in [0.29, 0.717) is 12.2 Å². The lowest BCUT2D eigenvalue weighted by atomic mass is 10.0. The van der Waals surface area contributed by atoms with Crippen LogP contribution in [0.3, 0.4) is 0 Å². The van der Waals surface area contributed by atoms with Crippen LogP contribution in [0.5, 0.6) is 0 Å². The molecule has 24 heavy (non-hydrogen) atoms. The Morgan fingerprint density at radius 2 is 1.67 bits per heavy atom. The highest BCUT2D eigenvalue weighted by Gasteiger charge is 2.39. The van der Waals surface area contributed by atoms with Crippen molar-refractivity contribution in [1.29, 1.82) is 0 Å². The number of benzene rings is 2. The molecule has 2 aromatic carbocycles. The first-order chi connectivity index (χ1) is 11.9. The van der Waals surface area contributed by atoms with Crippen molar-refractivity contribution in [2.75, 3.05) is 13.1 Å². The van der Waals surface area contributed by atoms with Gasteiger partial charge >= 0.3 is 0 Å². The van der Waals surface area contributed by atoms with E-state index in [4.69, 9.17) is 0 Å². The van der Waals surface area contributed by atoms with Gasteiger partial charge in [-0.05, 0) is 61.5 Å². The number of likely N-dealkylation sites (tertiary alicyclic amines) is 1. The molecule has 0 saturated carbocycles. The van der Waals surface area contributed by atoms with Crippen LogP contribution in [0, 0.1) is 0 Å². The van der Waals surface area contributed by atoms with Crippen molar-refractivity contribution in [3.8, 4) is 0 Å². The van der Waals surface area contributed by atoms with Crippen LogP contribution in [0.4, 0.5) is 0 Å². The lowest BCUT2D eigenvalue weighted by molar-refractivity contribution is 0.0679. The normalized spacial score (nSPS) is 23.1. The molecule has 0 amide bonds. The average molecular weight is 339 g/mol. The Bertz CT molecular complexity index is 667. The molecular weight excluding hydrogens is 312 g/mol. The number of fused-ring (bicyclic) bond motifs is 1. The summed E-state index contributed by atoms with van der Waals surface area (Å²) in [5.41, 5.74) is 2.93. The number of hydrogen-bond donors (Lipinski definition) is 0. The van der Waals surface area contributed by atoms with Gasteiger partial charge in [0.1, 0.15) is 6.17 Å². The van der Waals surface area contributed by atoms with Crippen LogP contribution in [0.2, 0.25) is 0 Å². The van der Waals surface area contributed by atoms with Crippen molar-refractivity contribution < 1.29 is 0 Å². The van der Waals surface area contributed by atoms with E-state index in [1.807, 2.05) is 11.9 Å². The second-order valence-electron chi connectivity index (χ2n) is 6.79. The molecule has 2 unspecified atom stereocenters. The minimum Gasteiger partial charge on any atom is -0.283 e. The maximum atomic E-state index is 2.70. The summed E-state index contributed by atoms with van der Waals surface area (Å²) in [5, 5.41) is 0. The minimum atomic E-state index is 0.414. The molecule has 126 valence electrons. The molecule has 1 fully saturated rings. The first-order valence-corrected chi connectivity index (χ1v) is 10.00. The Hall–Kier alpha value is -1.29. The van der Waals surface area contributed by atoms with E-state index in [2.05, 4.69) is 70.7 Å². The van der Waals surface area contributed by atoms with Gasteiger partial charge in [0.25, 0.3) is 0 Å². The van der Waals surface area contributed by atoms with E-state index >= 15 is 0 Å². The molecule has 2 heterocycles. The van der Waals surface area contributed by atoms with Crippen LogP contribution in [-0.2, 0) is 0 Å². The molecule has 3 heteroatoms. The topological polar surface area (TPSA) is 6.48 Å². The lowest BCUT2D eigenvalue weighted by Crippen LogP contribution is -2.40. The van der Waals surface area contributed by atoms with Crippen molar-refractivity contribution in [3.63, 3.8) is 0 Å². The zero-order valence-corrected chi connectivity index (χ0v) is 15.2. The zero-order valence-electron chi connectivity index (χ0n) is 14.4. The van der Waals surface area contributed by atoms with E-state index in [9.17, 15) is 0 Å². The fraction of sp³-hybridized carbons (Fsp3) is 0.429. The number of rotatable bonds is 4. The molecule has 2 aromatic rings. The van der Waals surface area contributed by atoms with Gasteiger partial charge in [0, 0.05) is 10.9 Å². The first-order valence-electron chi connectivity index (χ1n) is 9.22. The molecule has 2 aliphatic heterocycles. The van der Waals surface area contributed by atoms with E-state index < -0.39 is 0 Å². The van der Waals surface area contributed by atoms with Crippen molar-refractivity contribution in [1.82, 2.24) is 9.21 Å². The predicted octanol–water partition coefficient (Wildman–Crippen LogP) is 5.65. The maximum absolute atomic E-state index is 2.70. The van der Waals surface area contributed by atoms with Crippen LogP contribution in [0.15, 0.2) is 59.5 Å². The van der Waals surface area contributed by atoms with Crippen LogP contribution in [0.1, 0.15) is 55.9 Å². The minimum absolute atomic E-state index is 0.414. The van der Waals surface area contributed by atoms with E-state index in [-0.39, 0.29) is 0 Å². The van der Waals surface area contributed by atoms with Crippen LogP contribution >= 0.6 is 11.9 Å². The fourth-order valence-corrected chi connectivity index (χ4v) is 5.46. The van der Waals surface area contributed by atoms with Gasteiger partial charge in [0.15, 0.2) is 0 Å². The third-order valence-electron chi connectivity index (χ3n) is 5.26. The monoisotopic (exact) mass is 338 g/mol. The standard InChI is InChI=1S/C21H26N2S/c1-2-19(17-11-5-3-6-12-17)23-21(22-15-9-4-10-16-22)18-13-7-8-14-20(18)24-23/h3,5-8,11-14,19,21H,2,4,9-10,15-16H2,1H3. The van der Waals surface area contributed by atoms with E-state index in [1.54, 1.807) is 0 Å². The van der Waals surface area contributed by atoms with Gasteiger partial charge < -0.3 is 0 Å². The maximum Gasteiger partial charge on any atom is 0.100 e. The van der Waals surface area contributed by atoms with Gasteiger partial charge in [-0.1, -0.05) is 61.9 Å². The molecular formula is C21H26N2S. The van der Waals surface area contributed by atoms with Gasteiger partial charge in [0.2, 0.25) is 0 Å². The Kier molecular flexibility index (Phi) is 4.93. The number of nitrogens with zero attached hydrogens (tertiary/aromatic N) is 2. The lowest BCUT2D eigenvalue weighted by Gasteiger charge is -2.40. The first kappa shape index (κ1) is 16.2. The Labute approximate surface area is 150 Å². The fourth-order valence-electron chi connectivity index (χ4n) is 4.07. The highest BCUT2D eigenvalue weighted by molar-refractivity contribution is 7.97. The molecule has 0 bridgehead atoms. The summed E-state index contributed by atoms with van der Waals surface area (Å²) in [6.07, 6.45) is 5.60. The molecule has 4 rings (SSSR count). The van der Waals surface area contributed by atoms with Crippen LogP contribution < -0.4 is 0 Å². The van der Waals surface area contributed by atoms with Gasteiger partial charge in [0.05, 0.1) is 0 Å². The van der Waals surface area contributed by atoms with Gasteiger partial charge in [-0.15, -0.1) is 0 Å². The highest BCUT2D eigenvalue weighted by atomic mass is 32.2. The zero-order chi connectivity index (χ0) is 16.4. The Morgan fingerprint density at radius 1 is 0.958 bits per heavy atom. The molecule has 0 N–H and O–H groups in total. The molecule has 0 aliphatic carbocycles. The summed E-state index contributed by atoms with van der Waals surface area (Å²) < 4.78 is 2.66. The second-order valence-corrected chi connectivity index (χ2v) is 7.84. The summed E-state index contributed by atoms with van der Waals surface area (Å²) >= 11 is 1.96. The Morgan fingerprint density at radius 3 is 2.42 bits per heavy atom. The predicted molar refractivity (Wildman–Crippen MR) is 102 cm³/mol. The van der Waals surface area contributed by atoms with E-state index in [1.165, 1.54) is 48.4 Å². The van der Waals surface area contributed by atoms with Crippen molar-refractivity contribution in [3.05, 3.63) is 65.7 Å². The van der Waals surface area contributed by atoms with Gasteiger partial charge in [-0.25, -0.2) is 4.31 Å². The third-order valence-corrected chi connectivity index (χ3v) is 6.49. The molecule has 1 saturated heterocycles. The van der Waals surface area contributed by atoms with E-state index in [0.717, 1.165) is 6.42 Å². The average Bonchev–Trinajstić information content (AvgIpc) is 3.03. The summed E-state index contributed by atoms with van der Waals surface area (Å²) in [6.45, 7) is 4.76. The molecule has 2 aliphatic rings.